The van der Waals surface area contributed by atoms with Crippen LogP contribution < -0.4 is 21.5 Å². The summed E-state index contributed by atoms with van der Waals surface area (Å²) in [6.07, 6.45) is 2.04. The molecule has 0 aliphatic rings. The topological polar surface area (TPSA) is 59.3 Å². The number of aromatic nitrogens is 2. The first kappa shape index (κ1) is 20.3. The quantitative estimate of drug-likeness (QED) is 0.676. The van der Waals surface area contributed by atoms with Crippen molar-refractivity contribution < 1.29 is 0 Å². The van der Waals surface area contributed by atoms with Gasteiger partial charge >= 0.3 is 5.69 Å². The van der Waals surface area contributed by atoms with Crippen molar-refractivity contribution in [2.75, 3.05) is 31.1 Å². The number of nitrogens with zero attached hydrogens (tertiary/aromatic N) is 3. The predicted octanol–water partition coefficient (Wildman–Crippen LogP) is 1.79. The molecule has 1 aromatic carbocycles. The third-order valence-electron chi connectivity index (χ3n) is 4.50. The fourth-order valence-electron chi connectivity index (χ4n) is 2.87. The largest absolute Gasteiger partial charge is 0.357 e. The third kappa shape index (κ3) is 5.22. The molecule has 0 bridgehead atoms. The van der Waals surface area contributed by atoms with Crippen molar-refractivity contribution in [1.29, 1.82) is 0 Å². The lowest BCUT2D eigenvalue weighted by atomic mass is 10.1. The molecule has 0 spiro atoms. The summed E-state index contributed by atoms with van der Waals surface area (Å²) in [5.74, 6) is 0.656. The monoisotopic (exact) mass is 378 g/mol. The van der Waals surface area contributed by atoms with E-state index in [1.165, 1.54) is 23.2 Å². The zero-order chi connectivity index (χ0) is 19.1. The number of nitrogens with one attached hydrogen (secondary N) is 1. The molecule has 0 radical (unpaired) electrons. The van der Waals surface area contributed by atoms with Gasteiger partial charge in [0.2, 0.25) is 0 Å². The summed E-state index contributed by atoms with van der Waals surface area (Å²) in [7, 11) is 3.19. The minimum atomic E-state index is -0.304. The van der Waals surface area contributed by atoms with Crippen molar-refractivity contribution in [2.45, 2.75) is 19.8 Å². The smallest absolute Gasteiger partial charge is 0.332 e. The van der Waals surface area contributed by atoms with Crippen molar-refractivity contribution in [1.82, 2.24) is 14.5 Å². The van der Waals surface area contributed by atoms with Crippen LogP contribution in [-0.4, -0.2) is 35.3 Å². The minimum Gasteiger partial charge on any atom is -0.357 e. The Hall–Kier alpha value is -2.05. The van der Waals surface area contributed by atoms with E-state index in [-0.39, 0.29) is 11.2 Å². The number of likely N-dealkylation sites (N-methyl/N-ethyl adjacent to an activating group) is 1. The van der Waals surface area contributed by atoms with Gasteiger partial charge in [0.05, 0.1) is 0 Å². The van der Waals surface area contributed by atoms with Crippen LogP contribution in [0.5, 0.6) is 0 Å². The van der Waals surface area contributed by atoms with E-state index < -0.39 is 0 Å². The summed E-state index contributed by atoms with van der Waals surface area (Å²) in [4.78, 5) is 26.0. The third-order valence-corrected chi connectivity index (χ3v) is 4.75. The van der Waals surface area contributed by atoms with Crippen molar-refractivity contribution >= 4 is 17.4 Å². The summed E-state index contributed by atoms with van der Waals surface area (Å²) in [6.45, 7) is 5.18. The maximum absolute atomic E-state index is 12.1. The van der Waals surface area contributed by atoms with Crippen molar-refractivity contribution in [3.05, 3.63) is 61.8 Å². The van der Waals surface area contributed by atoms with Gasteiger partial charge in [-0.1, -0.05) is 23.7 Å². The molecule has 26 heavy (non-hydrogen) atoms. The average molecular weight is 379 g/mol. The van der Waals surface area contributed by atoms with Crippen LogP contribution in [0.1, 0.15) is 18.9 Å². The summed E-state index contributed by atoms with van der Waals surface area (Å²) in [6, 6.07) is 9.45. The molecule has 1 N–H and O–H groups in total. The Kier molecular flexibility index (Phi) is 7.48. The Labute approximate surface area is 159 Å². The maximum atomic E-state index is 12.1. The highest BCUT2D eigenvalue weighted by Gasteiger charge is 2.11. The van der Waals surface area contributed by atoms with Crippen LogP contribution in [0.25, 0.3) is 0 Å². The second-order valence-electron chi connectivity index (χ2n) is 6.30. The lowest BCUT2D eigenvalue weighted by molar-refractivity contribution is 0.616. The first-order valence-electron chi connectivity index (χ1n) is 8.91. The van der Waals surface area contributed by atoms with Crippen LogP contribution in [0.2, 0.25) is 5.02 Å². The van der Waals surface area contributed by atoms with E-state index in [2.05, 4.69) is 17.4 Å². The molecule has 6 nitrogen and oxygen atoms in total. The van der Waals surface area contributed by atoms with E-state index in [0.29, 0.717) is 5.82 Å². The van der Waals surface area contributed by atoms with Crippen LogP contribution in [0.3, 0.4) is 0 Å². The number of hydrogen-bond acceptors (Lipinski definition) is 4. The Morgan fingerprint density at radius 1 is 1.08 bits per heavy atom. The Morgan fingerprint density at radius 2 is 1.77 bits per heavy atom. The maximum Gasteiger partial charge on any atom is 0.332 e. The normalized spacial score (nSPS) is 10.9. The molecule has 142 valence electrons. The fourth-order valence-corrected chi connectivity index (χ4v) is 2.99. The molecule has 2 aromatic rings. The predicted molar refractivity (Wildman–Crippen MR) is 107 cm³/mol. The molecule has 0 amide bonds. The fraction of sp³-hybridized carbons (Fsp3) is 0.474. The van der Waals surface area contributed by atoms with E-state index in [0.717, 1.165) is 48.6 Å². The molecule has 0 saturated carbocycles. The number of halogens is 1. The molecule has 7 heteroatoms. The Morgan fingerprint density at radius 3 is 2.42 bits per heavy atom. The zero-order valence-corrected chi connectivity index (χ0v) is 16.4. The second kappa shape index (κ2) is 9.59. The van der Waals surface area contributed by atoms with Gasteiger partial charge in [-0.3, -0.25) is 13.9 Å². The lowest BCUT2D eigenvalue weighted by Crippen LogP contribution is -2.42. The number of benzene rings is 1. The van der Waals surface area contributed by atoms with Gasteiger partial charge in [0.15, 0.2) is 0 Å². The van der Waals surface area contributed by atoms with Gasteiger partial charge in [0, 0.05) is 44.8 Å². The summed E-state index contributed by atoms with van der Waals surface area (Å²) in [5, 5.41) is 4.18. The number of anilines is 1. The van der Waals surface area contributed by atoms with Gasteiger partial charge in [-0.2, -0.15) is 0 Å². The van der Waals surface area contributed by atoms with Gasteiger partial charge in [0.1, 0.15) is 5.82 Å². The highest BCUT2D eigenvalue weighted by atomic mass is 35.5. The van der Waals surface area contributed by atoms with Crippen LogP contribution in [0.4, 0.5) is 5.82 Å². The molecule has 0 atom stereocenters. The van der Waals surface area contributed by atoms with Crippen molar-refractivity contribution in [3.63, 3.8) is 0 Å². The van der Waals surface area contributed by atoms with Gasteiger partial charge < -0.3 is 10.2 Å². The number of rotatable bonds is 9. The van der Waals surface area contributed by atoms with Gasteiger partial charge in [-0.25, -0.2) is 4.79 Å². The molecular formula is C19H27ClN4O2. The average Bonchev–Trinajstić information content (AvgIpc) is 2.64. The summed E-state index contributed by atoms with van der Waals surface area (Å²) >= 11 is 5.89. The molecule has 0 fully saturated rings. The first-order chi connectivity index (χ1) is 12.4. The van der Waals surface area contributed by atoms with Gasteiger partial charge in [-0.15, -0.1) is 0 Å². The Bertz CT molecular complexity index is 827. The number of aryl methyl sites for hydroxylation is 1. The van der Waals surface area contributed by atoms with Crippen LogP contribution in [0.15, 0.2) is 39.9 Å². The van der Waals surface area contributed by atoms with Crippen molar-refractivity contribution in [2.24, 2.45) is 14.1 Å². The van der Waals surface area contributed by atoms with Crippen LogP contribution in [0, 0.1) is 0 Å². The molecule has 1 aromatic heterocycles. The van der Waals surface area contributed by atoms with Gasteiger partial charge in [0.25, 0.3) is 5.56 Å². The highest BCUT2D eigenvalue weighted by Crippen LogP contribution is 2.10. The van der Waals surface area contributed by atoms with Crippen molar-refractivity contribution in [3.8, 4) is 0 Å². The summed E-state index contributed by atoms with van der Waals surface area (Å²) < 4.78 is 2.64. The van der Waals surface area contributed by atoms with E-state index in [9.17, 15) is 9.59 Å². The van der Waals surface area contributed by atoms with E-state index in [1.807, 2.05) is 24.0 Å². The van der Waals surface area contributed by atoms with Gasteiger partial charge in [-0.05, 0) is 44.0 Å². The molecule has 2 rings (SSSR count). The van der Waals surface area contributed by atoms with E-state index in [1.54, 1.807) is 7.05 Å². The molecule has 0 aliphatic heterocycles. The SMILES string of the molecule is CCN(CCNCCCc1ccc(Cl)cc1)c1cc(=O)n(C)c(=O)n1C. The van der Waals surface area contributed by atoms with E-state index in [4.69, 9.17) is 11.6 Å². The molecule has 0 saturated heterocycles. The molecule has 0 aliphatic carbocycles. The van der Waals surface area contributed by atoms with E-state index >= 15 is 0 Å². The molecule has 1 heterocycles. The molecule has 0 unspecified atom stereocenters. The second-order valence-corrected chi connectivity index (χ2v) is 6.74. The Balaban J connectivity index is 1.81. The summed E-state index contributed by atoms with van der Waals surface area (Å²) in [5.41, 5.74) is 0.695. The first-order valence-corrected chi connectivity index (χ1v) is 9.29. The highest BCUT2D eigenvalue weighted by molar-refractivity contribution is 6.30. The minimum absolute atomic E-state index is 0.280. The molecular weight excluding hydrogens is 352 g/mol. The standard InChI is InChI=1S/C19H27ClN4O2/c1-4-24(17-14-18(25)23(3)19(26)22(17)2)13-12-21-11-5-6-15-7-9-16(20)10-8-15/h7-10,14,21H,4-6,11-13H2,1-3H3. The van der Waals surface area contributed by atoms with Crippen LogP contribution in [-0.2, 0) is 20.5 Å². The number of hydrogen-bond donors (Lipinski definition) is 1. The zero-order valence-electron chi connectivity index (χ0n) is 15.7. The van der Waals surface area contributed by atoms with Crippen LogP contribution >= 0.6 is 11.6 Å². The lowest BCUT2D eigenvalue weighted by Gasteiger charge is -2.25.